The second-order valence-electron chi connectivity index (χ2n) is 4.09. The summed E-state index contributed by atoms with van der Waals surface area (Å²) >= 11 is 0. The summed E-state index contributed by atoms with van der Waals surface area (Å²) in [7, 11) is 2.04. The topological polar surface area (TPSA) is 29.9 Å². The van der Waals surface area contributed by atoms with Crippen molar-refractivity contribution >= 4 is 0 Å². The summed E-state index contributed by atoms with van der Waals surface area (Å²) < 4.78 is 2.08. The Morgan fingerprint density at radius 1 is 1.38 bits per heavy atom. The molecule has 1 heterocycles. The normalized spacial score (nSPS) is 10.6. The lowest BCUT2D eigenvalue weighted by Gasteiger charge is -2.04. The van der Waals surface area contributed by atoms with Crippen molar-refractivity contribution in [1.82, 2.24) is 14.9 Å². The van der Waals surface area contributed by atoms with Gasteiger partial charge in [-0.15, -0.1) is 6.58 Å². The van der Waals surface area contributed by atoms with Gasteiger partial charge in [0.2, 0.25) is 0 Å². The van der Waals surface area contributed by atoms with Crippen LogP contribution in [0.25, 0.3) is 0 Å². The first-order valence-electron chi connectivity index (χ1n) is 6.12. The number of allylic oxidation sites excluding steroid dienone is 1. The quantitative estimate of drug-likeness (QED) is 0.512. The van der Waals surface area contributed by atoms with E-state index in [0.29, 0.717) is 0 Å². The third kappa shape index (κ3) is 5.12. The number of aryl methyl sites for hydroxylation is 1. The molecular weight excluding hydrogens is 198 g/mol. The average molecular weight is 221 g/mol. The molecule has 1 aromatic heterocycles. The summed E-state index contributed by atoms with van der Waals surface area (Å²) in [5.74, 6) is 1.15. The largest absolute Gasteiger partial charge is 0.338 e. The van der Waals surface area contributed by atoms with Crippen molar-refractivity contribution in [2.45, 2.75) is 32.1 Å². The van der Waals surface area contributed by atoms with Crippen LogP contribution in [0.4, 0.5) is 0 Å². The minimum absolute atomic E-state index is 1.01. The minimum atomic E-state index is 1.01. The zero-order valence-electron chi connectivity index (χ0n) is 10.3. The van der Waals surface area contributed by atoms with Crippen molar-refractivity contribution < 1.29 is 0 Å². The van der Waals surface area contributed by atoms with Gasteiger partial charge in [0.15, 0.2) is 0 Å². The van der Waals surface area contributed by atoms with Gasteiger partial charge < -0.3 is 9.88 Å². The maximum Gasteiger partial charge on any atom is 0.109 e. The summed E-state index contributed by atoms with van der Waals surface area (Å²) in [6, 6.07) is 0. The Morgan fingerprint density at radius 3 is 2.94 bits per heavy atom. The molecule has 0 bridgehead atoms. The molecule has 1 aromatic rings. The van der Waals surface area contributed by atoms with Gasteiger partial charge in [0.25, 0.3) is 0 Å². The molecule has 0 aliphatic heterocycles. The number of nitrogens with zero attached hydrogens (tertiary/aromatic N) is 2. The van der Waals surface area contributed by atoms with Crippen LogP contribution in [0.1, 0.15) is 31.5 Å². The van der Waals surface area contributed by atoms with E-state index in [2.05, 4.69) is 21.4 Å². The van der Waals surface area contributed by atoms with Gasteiger partial charge in [0.1, 0.15) is 5.82 Å². The molecule has 1 N–H and O–H groups in total. The fourth-order valence-electron chi connectivity index (χ4n) is 1.68. The maximum absolute atomic E-state index is 4.29. The summed E-state index contributed by atoms with van der Waals surface area (Å²) in [4.78, 5) is 4.29. The van der Waals surface area contributed by atoms with Crippen LogP contribution in [0.5, 0.6) is 0 Å². The number of rotatable bonds is 9. The molecule has 3 heteroatoms. The van der Waals surface area contributed by atoms with E-state index in [0.717, 1.165) is 31.8 Å². The second kappa shape index (κ2) is 8.11. The predicted molar refractivity (Wildman–Crippen MR) is 68.4 cm³/mol. The Labute approximate surface area is 98.6 Å². The molecule has 16 heavy (non-hydrogen) atoms. The van der Waals surface area contributed by atoms with E-state index >= 15 is 0 Å². The number of unbranched alkanes of at least 4 members (excludes halogenated alkanes) is 3. The van der Waals surface area contributed by atoms with Gasteiger partial charge in [0.05, 0.1) is 0 Å². The van der Waals surface area contributed by atoms with E-state index in [4.69, 9.17) is 0 Å². The van der Waals surface area contributed by atoms with Crippen LogP contribution in [-0.4, -0.2) is 22.6 Å². The fraction of sp³-hybridized carbons (Fsp3) is 0.615. The lowest BCUT2D eigenvalue weighted by atomic mass is 10.2. The summed E-state index contributed by atoms with van der Waals surface area (Å²) in [6.45, 7) is 5.85. The van der Waals surface area contributed by atoms with Crippen molar-refractivity contribution in [2.24, 2.45) is 7.05 Å². The lowest BCUT2D eigenvalue weighted by molar-refractivity contribution is 0.596. The molecule has 0 saturated carbocycles. The van der Waals surface area contributed by atoms with Crippen LogP contribution in [0.2, 0.25) is 0 Å². The van der Waals surface area contributed by atoms with Gasteiger partial charge in [-0.05, 0) is 25.8 Å². The van der Waals surface area contributed by atoms with Gasteiger partial charge in [-0.2, -0.15) is 0 Å². The number of imidazole rings is 1. The summed E-state index contributed by atoms with van der Waals surface area (Å²) in [5, 5.41) is 3.45. The van der Waals surface area contributed by atoms with Gasteiger partial charge >= 0.3 is 0 Å². The van der Waals surface area contributed by atoms with E-state index in [9.17, 15) is 0 Å². The van der Waals surface area contributed by atoms with E-state index in [1.165, 1.54) is 19.3 Å². The van der Waals surface area contributed by atoms with Crippen LogP contribution < -0.4 is 5.32 Å². The number of hydrogen-bond acceptors (Lipinski definition) is 2. The summed E-state index contributed by atoms with van der Waals surface area (Å²) in [6.07, 6.45) is 11.8. The molecular formula is C13H23N3. The molecule has 0 amide bonds. The number of aromatic nitrogens is 2. The Balaban J connectivity index is 1.92. The standard InChI is InChI=1S/C13H23N3/c1-3-4-5-6-7-9-14-10-8-13-15-11-12-16(13)2/h3,11-12,14H,1,4-10H2,2H3. The third-order valence-corrected chi connectivity index (χ3v) is 2.71. The molecule has 3 nitrogen and oxygen atoms in total. The van der Waals surface area contributed by atoms with Crippen LogP contribution in [0.15, 0.2) is 25.0 Å². The third-order valence-electron chi connectivity index (χ3n) is 2.71. The van der Waals surface area contributed by atoms with E-state index < -0.39 is 0 Å². The SMILES string of the molecule is C=CCCCCCNCCc1nccn1C. The van der Waals surface area contributed by atoms with Crippen molar-refractivity contribution in [3.05, 3.63) is 30.9 Å². The monoisotopic (exact) mass is 221 g/mol. The van der Waals surface area contributed by atoms with Crippen molar-refractivity contribution in [3.63, 3.8) is 0 Å². The zero-order chi connectivity index (χ0) is 11.6. The average Bonchev–Trinajstić information content (AvgIpc) is 2.68. The fourth-order valence-corrected chi connectivity index (χ4v) is 1.68. The number of hydrogen-bond donors (Lipinski definition) is 1. The van der Waals surface area contributed by atoms with Crippen molar-refractivity contribution in [1.29, 1.82) is 0 Å². The molecule has 90 valence electrons. The lowest BCUT2D eigenvalue weighted by Crippen LogP contribution is -2.19. The second-order valence-corrected chi connectivity index (χ2v) is 4.09. The van der Waals surface area contributed by atoms with Crippen molar-refractivity contribution in [3.8, 4) is 0 Å². The van der Waals surface area contributed by atoms with Crippen LogP contribution in [0.3, 0.4) is 0 Å². The van der Waals surface area contributed by atoms with Gasteiger partial charge in [-0.25, -0.2) is 4.98 Å². The summed E-state index contributed by atoms with van der Waals surface area (Å²) in [5.41, 5.74) is 0. The molecule has 0 fully saturated rings. The van der Waals surface area contributed by atoms with Crippen LogP contribution in [-0.2, 0) is 13.5 Å². The molecule has 0 radical (unpaired) electrons. The molecule has 0 aromatic carbocycles. The Hall–Kier alpha value is -1.09. The van der Waals surface area contributed by atoms with Crippen LogP contribution in [0, 0.1) is 0 Å². The predicted octanol–water partition coefficient (Wildman–Crippen LogP) is 2.30. The Kier molecular flexibility index (Phi) is 6.58. The highest BCUT2D eigenvalue weighted by atomic mass is 15.0. The highest BCUT2D eigenvalue weighted by molar-refractivity contribution is 4.91. The first kappa shape index (κ1) is 13.0. The molecule has 0 spiro atoms. The Morgan fingerprint density at radius 2 is 2.25 bits per heavy atom. The van der Waals surface area contributed by atoms with E-state index in [1.807, 2.05) is 25.5 Å². The van der Waals surface area contributed by atoms with Gasteiger partial charge in [0, 0.05) is 32.4 Å². The molecule has 0 aliphatic carbocycles. The smallest absolute Gasteiger partial charge is 0.109 e. The highest BCUT2D eigenvalue weighted by Gasteiger charge is 1.97. The van der Waals surface area contributed by atoms with Crippen molar-refractivity contribution in [2.75, 3.05) is 13.1 Å². The van der Waals surface area contributed by atoms with Gasteiger partial charge in [-0.1, -0.05) is 12.5 Å². The minimum Gasteiger partial charge on any atom is -0.338 e. The zero-order valence-corrected chi connectivity index (χ0v) is 10.3. The maximum atomic E-state index is 4.29. The first-order chi connectivity index (χ1) is 7.84. The Bertz CT molecular complexity index is 291. The molecule has 0 atom stereocenters. The van der Waals surface area contributed by atoms with E-state index in [-0.39, 0.29) is 0 Å². The number of nitrogens with one attached hydrogen (secondary N) is 1. The molecule has 0 aliphatic rings. The molecule has 1 rings (SSSR count). The highest BCUT2D eigenvalue weighted by Crippen LogP contribution is 1.99. The van der Waals surface area contributed by atoms with E-state index in [1.54, 1.807) is 0 Å². The van der Waals surface area contributed by atoms with Crippen LogP contribution >= 0.6 is 0 Å². The molecule has 0 saturated heterocycles. The first-order valence-corrected chi connectivity index (χ1v) is 6.12. The van der Waals surface area contributed by atoms with Gasteiger partial charge in [-0.3, -0.25) is 0 Å². The molecule has 0 unspecified atom stereocenters.